The van der Waals surface area contributed by atoms with Crippen molar-refractivity contribution < 1.29 is 22.7 Å². The molecule has 8 heteroatoms. The fraction of sp³-hybridized carbons (Fsp3) is 0.462. The van der Waals surface area contributed by atoms with E-state index in [4.69, 9.17) is 20.2 Å². The lowest BCUT2D eigenvalue weighted by Crippen LogP contribution is -2.39. The fourth-order valence-electron chi connectivity index (χ4n) is 2.18. The van der Waals surface area contributed by atoms with Crippen LogP contribution in [0, 0.1) is 0 Å². The number of hydrogen-bond acceptors (Lipinski definition) is 5. The summed E-state index contributed by atoms with van der Waals surface area (Å²) in [7, 11) is 2.69. The minimum Gasteiger partial charge on any atom is -0.495 e. The predicted octanol–water partition coefficient (Wildman–Crippen LogP) is 1.53. The van der Waals surface area contributed by atoms with Crippen LogP contribution in [0.4, 0.5) is 0 Å². The van der Waals surface area contributed by atoms with Crippen LogP contribution < -0.4 is 10.1 Å². The highest BCUT2D eigenvalue weighted by Crippen LogP contribution is 2.28. The third kappa shape index (κ3) is 3.66. The van der Waals surface area contributed by atoms with Crippen molar-refractivity contribution in [3.63, 3.8) is 0 Å². The van der Waals surface area contributed by atoms with Gasteiger partial charge in [0.15, 0.2) is 0 Å². The van der Waals surface area contributed by atoms with Crippen LogP contribution in [-0.2, 0) is 13.8 Å². The standard InChI is InChI=1S/C13H16ClNO5S/c1-8-10(5-6-20-8)15-13(16)9-3-4-11(19-2)12(7-9)21(14,17)18/h3-4,7-8,10H,5-6H2,1-2H3,(H,15,16). The molecule has 1 heterocycles. The third-order valence-electron chi connectivity index (χ3n) is 3.38. The van der Waals surface area contributed by atoms with E-state index < -0.39 is 9.05 Å². The van der Waals surface area contributed by atoms with E-state index in [0.29, 0.717) is 6.61 Å². The van der Waals surface area contributed by atoms with E-state index in [-0.39, 0.29) is 34.3 Å². The van der Waals surface area contributed by atoms with Crippen molar-refractivity contribution in [1.82, 2.24) is 5.32 Å². The number of carbonyl (C=O) groups is 1. The first-order valence-electron chi connectivity index (χ1n) is 6.38. The first kappa shape index (κ1) is 16.1. The van der Waals surface area contributed by atoms with Crippen molar-refractivity contribution >= 4 is 25.6 Å². The summed E-state index contributed by atoms with van der Waals surface area (Å²) in [5.41, 5.74) is 0.203. The molecule has 0 aliphatic carbocycles. The molecule has 1 fully saturated rings. The monoisotopic (exact) mass is 333 g/mol. The zero-order valence-corrected chi connectivity index (χ0v) is 13.2. The Labute approximate surface area is 127 Å². The van der Waals surface area contributed by atoms with Crippen LogP contribution in [0.3, 0.4) is 0 Å². The van der Waals surface area contributed by atoms with E-state index in [1.54, 1.807) is 0 Å². The van der Waals surface area contributed by atoms with Crippen LogP contribution in [0.15, 0.2) is 23.1 Å². The number of benzene rings is 1. The Bertz CT molecular complexity index is 646. The van der Waals surface area contributed by atoms with E-state index in [0.717, 1.165) is 6.42 Å². The second-order valence-corrected chi connectivity index (χ2v) is 7.28. The Morgan fingerprint density at radius 3 is 2.71 bits per heavy atom. The van der Waals surface area contributed by atoms with Crippen LogP contribution in [-0.4, -0.2) is 40.2 Å². The van der Waals surface area contributed by atoms with Crippen LogP contribution in [0.25, 0.3) is 0 Å². The molecule has 1 aliphatic heterocycles. The van der Waals surface area contributed by atoms with Gasteiger partial charge in [0.2, 0.25) is 0 Å². The fourth-order valence-corrected chi connectivity index (χ4v) is 3.20. The number of methoxy groups -OCH3 is 1. The Hall–Kier alpha value is -1.31. The van der Waals surface area contributed by atoms with E-state index >= 15 is 0 Å². The van der Waals surface area contributed by atoms with Crippen LogP contribution in [0.5, 0.6) is 5.75 Å². The lowest BCUT2D eigenvalue weighted by molar-refractivity contribution is 0.0866. The highest BCUT2D eigenvalue weighted by molar-refractivity contribution is 8.13. The van der Waals surface area contributed by atoms with Crippen molar-refractivity contribution in [2.24, 2.45) is 0 Å². The molecule has 6 nitrogen and oxygen atoms in total. The quantitative estimate of drug-likeness (QED) is 0.845. The molecule has 0 radical (unpaired) electrons. The van der Waals surface area contributed by atoms with Gasteiger partial charge < -0.3 is 14.8 Å². The lowest BCUT2D eigenvalue weighted by Gasteiger charge is -2.16. The zero-order valence-electron chi connectivity index (χ0n) is 11.6. The molecule has 1 aliphatic rings. The first-order valence-corrected chi connectivity index (χ1v) is 8.69. The number of hydrogen-bond donors (Lipinski definition) is 1. The second-order valence-electron chi connectivity index (χ2n) is 4.75. The summed E-state index contributed by atoms with van der Waals surface area (Å²) in [5, 5.41) is 2.82. The van der Waals surface area contributed by atoms with Gasteiger partial charge in [-0.25, -0.2) is 8.42 Å². The molecule has 21 heavy (non-hydrogen) atoms. The van der Waals surface area contributed by atoms with Crippen molar-refractivity contribution in [2.45, 2.75) is 30.4 Å². The molecule has 1 aromatic rings. The van der Waals surface area contributed by atoms with Gasteiger partial charge in [-0.2, -0.15) is 0 Å². The van der Waals surface area contributed by atoms with Crippen molar-refractivity contribution in [1.29, 1.82) is 0 Å². The molecule has 0 saturated carbocycles. The Kier molecular flexibility index (Phi) is 4.75. The second kappa shape index (κ2) is 6.21. The van der Waals surface area contributed by atoms with E-state index in [1.165, 1.54) is 25.3 Å². The van der Waals surface area contributed by atoms with Gasteiger partial charge >= 0.3 is 0 Å². The van der Waals surface area contributed by atoms with Crippen molar-refractivity contribution in [3.05, 3.63) is 23.8 Å². The van der Waals surface area contributed by atoms with Gasteiger partial charge in [-0.05, 0) is 31.5 Å². The molecule has 2 unspecified atom stereocenters. The van der Waals surface area contributed by atoms with Gasteiger partial charge in [0.05, 0.1) is 19.3 Å². The number of nitrogens with one attached hydrogen (secondary N) is 1. The summed E-state index contributed by atoms with van der Waals surface area (Å²) in [6, 6.07) is 4.01. The van der Waals surface area contributed by atoms with Crippen LogP contribution in [0.1, 0.15) is 23.7 Å². The van der Waals surface area contributed by atoms with E-state index in [1.807, 2.05) is 6.92 Å². The van der Waals surface area contributed by atoms with Crippen LogP contribution >= 0.6 is 10.7 Å². The van der Waals surface area contributed by atoms with Gasteiger partial charge in [-0.15, -0.1) is 0 Å². The number of ether oxygens (including phenoxy) is 2. The number of amides is 1. The molecule has 1 amide bonds. The lowest BCUT2D eigenvalue weighted by atomic mass is 10.1. The normalized spacial score (nSPS) is 22.0. The molecule has 0 spiro atoms. The Morgan fingerprint density at radius 1 is 1.48 bits per heavy atom. The number of rotatable bonds is 4. The maximum atomic E-state index is 12.2. The zero-order chi connectivity index (χ0) is 15.6. The van der Waals surface area contributed by atoms with Gasteiger partial charge in [0.25, 0.3) is 15.0 Å². The highest BCUT2D eigenvalue weighted by Gasteiger charge is 2.27. The maximum Gasteiger partial charge on any atom is 0.265 e. The molecular formula is C13H16ClNO5S. The summed E-state index contributed by atoms with van der Waals surface area (Å²) >= 11 is 0. The van der Waals surface area contributed by atoms with E-state index in [9.17, 15) is 13.2 Å². The number of carbonyl (C=O) groups excluding carboxylic acids is 1. The molecule has 2 atom stereocenters. The molecule has 0 bridgehead atoms. The Balaban J connectivity index is 2.26. The minimum absolute atomic E-state index is 0.0663. The van der Waals surface area contributed by atoms with Crippen LogP contribution in [0.2, 0.25) is 0 Å². The topological polar surface area (TPSA) is 81.7 Å². The summed E-state index contributed by atoms with van der Waals surface area (Å²) in [6.45, 7) is 2.47. The minimum atomic E-state index is -4.00. The van der Waals surface area contributed by atoms with E-state index in [2.05, 4.69) is 5.32 Å². The molecule has 1 aromatic carbocycles. The smallest absolute Gasteiger partial charge is 0.265 e. The number of halogens is 1. The molecule has 0 aromatic heterocycles. The molecule has 1 saturated heterocycles. The third-order valence-corrected chi connectivity index (χ3v) is 4.72. The van der Waals surface area contributed by atoms with Gasteiger partial charge in [-0.3, -0.25) is 4.79 Å². The van der Waals surface area contributed by atoms with Gasteiger partial charge in [0.1, 0.15) is 10.6 Å². The van der Waals surface area contributed by atoms with Gasteiger partial charge in [-0.1, -0.05) is 0 Å². The molecular weight excluding hydrogens is 318 g/mol. The predicted molar refractivity (Wildman–Crippen MR) is 77.3 cm³/mol. The maximum absolute atomic E-state index is 12.2. The summed E-state index contributed by atoms with van der Waals surface area (Å²) in [4.78, 5) is 12.0. The molecule has 116 valence electrons. The Morgan fingerprint density at radius 2 is 2.19 bits per heavy atom. The molecule has 2 rings (SSSR count). The first-order chi connectivity index (χ1) is 9.82. The average molecular weight is 334 g/mol. The largest absolute Gasteiger partial charge is 0.495 e. The van der Waals surface area contributed by atoms with Gasteiger partial charge in [0, 0.05) is 22.9 Å². The highest BCUT2D eigenvalue weighted by atomic mass is 35.7. The van der Waals surface area contributed by atoms with Crippen molar-refractivity contribution in [3.8, 4) is 5.75 Å². The van der Waals surface area contributed by atoms with Crippen molar-refractivity contribution in [2.75, 3.05) is 13.7 Å². The molecule has 1 N–H and O–H groups in total. The summed E-state index contributed by atoms with van der Waals surface area (Å²) in [5.74, 6) is -0.277. The summed E-state index contributed by atoms with van der Waals surface area (Å²) < 4.78 is 33.3. The summed E-state index contributed by atoms with van der Waals surface area (Å²) in [6.07, 6.45) is 0.660. The SMILES string of the molecule is COc1ccc(C(=O)NC2CCOC2C)cc1S(=O)(=O)Cl. The average Bonchev–Trinajstić information content (AvgIpc) is 2.82.